The highest BCUT2D eigenvalue weighted by Gasteiger charge is 2.16. The number of ether oxygens (including phenoxy) is 1. The van der Waals surface area contributed by atoms with E-state index in [-0.39, 0.29) is 11.5 Å². The van der Waals surface area contributed by atoms with Crippen LogP contribution in [0.1, 0.15) is 37.1 Å². The lowest BCUT2D eigenvalue weighted by Gasteiger charge is -2.03. The number of carbonyl (C=O) groups is 2. The van der Waals surface area contributed by atoms with Crippen molar-refractivity contribution in [2.75, 3.05) is 7.11 Å². The summed E-state index contributed by atoms with van der Waals surface area (Å²) < 4.78 is 4.67. The van der Waals surface area contributed by atoms with E-state index in [0.717, 1.165) is 15.9 Å². The van der Waals surface area contributed by atoms with Gasteiger partial charge in [-0.25, -0.2) is 9.78 Å². The predicted molar refractivity (Wildman–Crippen MR) is 102 cm³/mol. The van der Waals surface area contributed by atoms with Gasteiger partial charge in [0, 0.05) is 51.9 Å². The third-order valence-electron chi connectivity index (χ3n) is 4.19. The zero-order valence-electron chi connectivity index (χ0n) is 14.4. The van der Waals surface area contributed by atoms with Gasteiger partial charge in [0.1, 0.15) is 0 Å². The molecular weight excluding hydrogens is 362 g/mol. The summed E-state index contributed by atoms with van der Waals surface area (Å²) in [5.41, 5.74) is 3.11. The van der Waals surface area contributed by atoms with E-state index in [0.29, 0.717) is 23.2 Å². The number of ketones is 1. The summed E-state index contributed by atoms with van der Waals surface area (Å²) in [6.45, 7) is 0. The molecule has 0 bridgehead atoms. The molecule has 1 N–H and O–H groups in total. The number of benzene rings is 1. The number of H-pyrrole nitrogens is 1. The number of methoxy groups -OCH3 is 1. The molecule has 0 fully saturated rings. The Labute approximate surface area is 158 Å². The Morgan fingerprint density at radius 1 is 1.22 bits per heavy atom. The number of nitrogens with zero attached hydrogens (tertiary/aromatic N) is 2. The van der Waals surface area contributed by atoms with Gasteiger partial charge >= 0.3 is 5.97 Å². The van der Waals surface area contributed by atoms with Crippen molar-refractivity contribution < 1.29 is 14.3 Å². The molecule has 0 atom stereocenters. The SMILES string of the molecule is COC(=O)c1csc(Cc2cc(C(=O)c3c[nH]c4ccccc34)ccn2)n1. The predicted octanol–water partition coefficient (Wildman–Crippen LogP) is 3.63. The number of para-hydroxylation sites is 1. The number of carbonyl (C=O) groups excluding carboxylic acids is 2. The Kier molecular flexibility index (Phi) is 4.52. The lowest BCUT2D eigenvalue weighted by molar-refractivity contribution is 0.0594. The lowest BCUT2D eigenvalue weighted by atomic mass is 10.0. The van der Waals surface area contributed by atoms with Crippen molar-refractivity contribution in [1.82, 2.24) is 15.0 Å². The zero-order valence-corrected chi connectivity index (χ0v) is 15.2. The van der Waals surface area contributed by atoms with Crippen LogP contribution in [0, 0.1) is 0 Å². The molecule has 1 aromatic carbocycles. The van der Waals surface area contributed by atoms with Crippen molar-refractivity contribution in [3.63, 3.8) is 0 Å². The highest BCUT2D eigenvalue weighted by molar-refractivity contribution is 7.09. The molecule has 6 nitrogen and oxygen atoms in total. The molecule has 0 aliphatic carbocycles. The largest absolute Gasteiger partial charge is 0.464 e. The summed E-state index contributed by atoms with van der Waals surface area (Å²) in [6.07, 6.45) is 3.79. The summed E-state index contributed by atoms with van der Waals surface area (Å²) in [6, 6.07) is 11.2. The topological polar surface area (TPSA) is 84.9 Å². The van der Waals surface area contributed by atoms with Crippen molar-refractivity contribution in [3.05, 3.63) is 81.7 Å². The molecular formula is C20H15N3O3S. The van der Waals surface area contributed by atoms with Crippen molar-refractivity contribution in [2.24, 2.45) is 0 Å². The molecule has 0 saturated carbocycles. The van der Waals surface area contributed by atoms with Crippen LogP contribution in [0.5, 0.6) is 0 Å². The number of hydrogen-bond donors (Lipinski definition) is 1. The molecule has 4 rings (SSSR count). The summed E-state index contributed by atoms with van der Waals surface area (Å²) in [5.74, 6) is -0.529. The van der Waals surface area contributed by atoms with E-state index in [1.807, 2.05) is 24.3 Å². The van der Waals surface area contributed by atoms with Crippen LogP contribution in [0.3, 0.4) is 0 Å². The quantitative estimate of drug-likeness (QED) is 0.424. The van der Waals surface area contributed by atoms with E-state index in [1.165, 1.54) is 18.4 Å². The molecule has 3 heterocycles. The maximum Gasteiger partial charge on any atom is 0.357 e. The fourth-order valence-corrected chi connectivity index (χ4v) is 3.66. The Hall–Kier alpha value is -3.32. The van der Waals surface area contributed by atoms with E-state index in [2.05, 4.69) is 19.7 Å². The smallest absolute Gasteiger partial charge is 0.357 e. The number of esters is 1. The van der Waals surface area contributed by atoms with Gasteiger partial charge in [-0.15, -0.1) is 11.3 Å². The lowest BCUT2D eigenvalue weighted by Crippen LogP contribution is -2.04. The van der Waals surface area contributed by atoms with Crippen LogP contribution in [-0.4, -0.2) is 33.8 Å². The second kappa shape index (κ2) is 7.13. The van der Waals surface area contributed by atoms with Gasteiger partial charge in [0.15, 0.2) is 11.5 Å². The van der Waals surface area contributed by atoms with E-state index < -0.39 is 5.97 Å². The molecule has 3 aromatic heterocycles. The van der Waals surface area contributed by atoms with E-state index in [1.54, 1.807) is 29.9 Å². The molecule has 7 heteroatoms. The number of nitrogens with one attached hydrogen (secondary N) is 1. The molecule has 134 valence electrons. The van der Waals surface area contributed by atoms with Crippen LogP contribution >= 0.6 is 11.3 Å². The van der Waals surface area contributed by atoms with Crippen molar-refractivity contribution in [2.45, 2.75) is 6.42 Å². The first-order chi connectivity index (χ1) is 13.2. The molecule has 0 aliphatic rings. The summed E-state index contributed by atoms with van der Waals surface area (Å²) in [4.78, 5) is 36.2. The molecule has 0 unspecified atom stereocenters. The fraction of sp³-hybridized carbons (Fsp3) is 0.100. The highest BCUT2D eigenvalue weighted by Crippen LogP contribution is 2.22. The number of fused-ring (bicyclic) bond motifs is 1. The second-order valence-electron chi connectivity index (χ2n) is 5.91. The Morgan fingerprint density at radius 3 is 2.93 bits per heavy atom. The van der Waals surface area contributed by atoms with Gasteiger partial charge in [0.25, 0.3) is 0 Å². The molecule has 0 amide bonds. The number of aromatic nitrogens is 3. The van der Waals surface area contributed by atoms with Gasteiger partial charge in [-0.2, -0.15) is 0 Å². The Morgan fingerprint density at radius 2 is 2.07 bits per heavy atom. The summed E-state index contributed by atoms with van der Waals surface area (Å²) in [5, 5.41) is 3.28. The van der Waals surface area contributed by atoms with Gasteiger partial charge < -0.3 is 9.72 Å². The number of hydrogen-bond acceptors (Lipinski definition) is 6. The highest BCUT2D eigenvalue weighted by atomic mass is 32.1. The van der Waals surface area contributed by atoms with Crippen LogP contribution in [0.25, 0.3) is 10.9 Å². The average molecular weight is 377 g/mol. The molecule has 27 heavy (non-hydrogen) atoms. The number of aromatic amines is 1. The summed E-state index contributed by atoms with van der Waals surface area (Å²) >= 11 is 1.36. The van der Waals surface area contributed by atoms with Gasteiger partial charge in [0.05, 0.1) is 12.1 Å². The second-order valence-corrected chi connectivity index (χ2v) is 6.85. The fourth-order valence-electron chi connectivity index (χ4n) is 2.88. The third-order valence-corrected chi connectivity index (χ3v) is 5.04. The maximum atomic E-state index is 12.9. The molecule has 0 aliphatic heterocycles. The first-order valence-electron chi connectivity index (χ1n) is 8.24. The Bertz CT molecular complexity index is 1150. The minimum Gasteiger partial charge on any atom is -0.464 e. The van der Waals surface area contributed by atoms with Crippen LogP contribution in [0.15, 0.2) is 54.2 Å². The Balaban J connectivity index is 1.60. The van der Waals surface area contributed by atoms with E-state index in [9.17, 15) is 9.59 Å². The molecule has 0 radical (unpaired) electrons. The van der Waals surface area contributed by atoms with Crippen LogP contribution in [0.2, 0.25) is 0 Å². The van der Waals surface area contributed by atoms with E-state index in [4.69, 9.17) is 0 Å². The standard InChI is InChI=1S/C20H15N3O3S/c1-26-20(25)17-11-27-18(23-17)9-13-8-12(6-7-21-13)19(24)15-10-22-16-5-3-2-4-14(15)16/h2-8,10-11,22H,9H2,1H3. The number of rotatable bonds is 5. The van der Waals surface area contributed by atoms with Gasteiger partial charge in [0.2, 0.25) is 0 Å². The number of pyridine rings is 1. The van der Waals surface area contributed by atoms with E-state index >= 15 is 0 Å². The first kappa shape index (κ1) is 17.1. The van der Waals surface area contributed by atoms with Crippen LogP contribution in [0.4, 0.5) is 0 Å². The average Bonchev–Trinajstić information content (AvgIpc) is 3.34. The third kappa shape index (κ3) is 3.37. The van der Waals surface area contributed by atoms with Crippen molar-refractivity contribution in [1.29, 1.82) is 0 Å². The first-order valence-corrected chi connectivity index (χ1v) is 9.12. The van der Waals surface area contributed by atoms with Gasteiger partial charge in [-0.05, 0) is 18.2 Å². The zero-order chi connectivity index (χ0) is 18.8. The monoisotopic (exact) mass is 377 g/mol. The normalized spacial score (nSPS) is 10.9. The van der Waals surface area contributed by atoms with Crippen LogP contribution < -0.4 is 0 Å². The molecule has 0 saturated heterocycles. The molecule has 0 spiro atoms. The molecule has 4 aromatic rings. The van der Waals surface area contributed by atoms with Crippen molar-refractivity contribution >= 4 is 34.0 Å². The number of thiazole rings is 1. The van der Waals surface area contributed by atoms with Crippen LogP contribution in [-0.2, 0) is 11.2 Å². The maximum absolute atomic E-state index is 12.9. The summed E-state index contributed by atoms with van der Waals surface area (Å²) in [7, 11) is 1.32. The van der Waals surface area contributed by atoms with Crippen molar-refractivity contribution in [3.8, 4) is 0 Å². The van der Waals surface area contributed by atoms with Gasteiger partial charge in [-0.1, -0.05) is 18.2 Å². The minimum absolute atomic E-state index is 0.0644. The minimum atomic E-state index is -0.464. The van der Waals surface area contributed by atoms with Gasteiger partial charge in [-0.3, -0.25) is 9.78 Å².